The number of hydrogen-bond acceptors (Lipinski definition) is 4. The molecular formula is C14H18O4. The van der Waals surface area contributed by atoms with E-state index >= 15 is 0 Å². The van der Waals surface area contributed by atoms with Crippen molar-refractivity contribution in [1.82, 2.24) is 0 Å². The first kappa shape index (κ1) is 13.1. The Morgan fingerprint density at radius 2 is 2.11 bits per heavy atom. The summed E-state index contributed by atoms with van der Waals surface area (Å²) in [6.07, 6.45) is 1.13. The smallest absolute Gasteiger partial charge is 0.337 e. The fourth-order valence-corrected chi connectivity index (χ4v) is 2.00. The van der Waals surface area contributed by atoms with Gasteiger partial charge < -0.3 is 14.2 Å². The van der Waals surface area contributed by atoms with Gasteiger partial charge in [0.2, 0.25) is 0 Å². The molecule has 98 valence electrons. The molecule has 0 aliphatic carbocycles. The third kappa shape index (κ3) is 3.09. The van der Waals surface area contributed by atoms with Crippen LogP contribution in [-0.2, 0) is 14.2 Å². The monoisotopic (exact) mass is 250 g/mol. The van der Waals surface area contributed by atoms with Gasteiger partial charge in [0.05, 0.1) is 31.5 Å². The van der Waals surface area contributed by atoms with E-state index < -0.39 is 0 Å². The summed E-state index contributed by atoms with van der Waals surface area (Å²) in [4.78, 5) is 11.3. The molecule has 2 atom stereocenters. The molecule has 1 heterocycles. The number of hydrogen-bond donors (Lipinski definition) is 0. The van der Waals surface area contributed by atoms with Gasteiger partial charge in [0, 0.05) is 6.61 Å². The van der Waals surface area contributed by atoms with Crippen LogP contribution in [0, 0.1) is 0 Å². The largest absolute Gasteiger partial charge is 0.465 e. The maximum atomic E-state index is 11.3. The van der Waals surface area contributed by atoms with E-state index in [4.69, 9.17) is 9.47 Å². The van der Waals surface area contributed by atoms with Crippen LogP contribution in [0.1, 0.15) is 35.4 Å². The lowest BCUT2D eigenvalue weighted by Crippen LogP contribution is -2.15. The number of rotatable bonds is 4. The van der Waals surface area contributed by atoms with Crippen molar-refractivity contribution in [3.63, 3.8) is 0 Å². The molecule has 0 N–H and O–H groups in total. The summed E-state index contributed by atoms with van der Waals surface area (Å²) in [7, 11) is 1.38. The Bertz CT molecular complexity index is 393. The highest BCUT2D eigenvalue weighted by Gasteiger charge is 2.19. The summed E-state index contributed by atoms with van der Waals surface area (Å²) in [5, 5.41) is 0. The van der Waals surface area contributed by atoms with Crippen LogP contribution < -0.4 is 0 Å². The molecule has 1 aromatic rings. The van der Waals surface area contributed by atoms with Gasteiger partial charge in [0.15, 0.2) is 0 Å². The van der Waals surface area contributed by atoms with Crippen LogP contribution in [0.15, 0.2) is 24.3 Å². The highest BCUT2D eigenvalue weighted by atomic mass is 16.5. The highest BCUT2D eigenvalue weighted by molar-refractivity contribution is 5.89. The van der Waals surface area contributed by atoms with Gasteiger partial charge in [0.1, 0.15) is 0 Å². The van der Waals surface area contributed by atoms with Crippen molar-refractivity contribution in [3.8, 4) is 0 Å². The highest BCUT2D eigenvalue weighted by Crippen LogP contribution is 2.22. The lowest BCUT2D eigenvalue weighted by Gasteiger charge is -2.17. The quantitative estimate of drug-likeness (QED) is 0.769. The average molecular weight is 250 g/mol. The van der Waals surface area contributed by atoms with Crippen LogP contribution in [-0.4, -0.2) is 32.4 Å². The minimum absolute atomic E-state index is 0.00315. The molecule has 4 heteroatoms. The topological polar surface area (TPSA) is 44.8 Å². The molecule has 18 heavy (non-hydrogen) atoms. The lowest BCUT2D eigenvalue weighted by atomic mass is 10.1. The Morgan fingerprint density at radius 1 is 1.39 bits per heavy atom. The van der Waals surface area contributed by atoms with Gasteiger partial charge in [-0.05, 0) is 31.0 Å². The van der Waals surface area contributed by atoms with E-state index in [2.05, 4.69) is 4.74 Å². The molecule has 4 nitrogen and oxygen atoms in total. The molecule has 2 rings (SSSR count). The maximum Gasteiger partial charge on any atom is 0.337 e. The number of carbonyl (C=O) groups excluding carboxylic acids is 1. The van der Waals surface area contributed by atoms with Crippen LogP contribution in [0.3, 0.4) is 0 Å². The molecule has 0 bridgehead atoms. The number of carbonyl (C=O) groups is 1. The normalized spacial score (nSPS) is 20.7. The van der Waals surface area contributed by atoms with Gasteiger partial charge in [0.25, 0.3) is 0 Å². The first-order chi connectivity index (χ1) is 8.70. The Balaban J connectivity index is 1.97. The van der Waals surface area contributed by atoms with E-state index in [0.29, 0.717) is 12.2 Å². The Kier molecular flexibility index (Phi) is 4.33. The van der Waals surface area contributed by atoms with Crippen molar-refractivity contribution >= 4 is 5.97 Å². The molecule has 2 unspecified atom stereocenters. The number of ether oxygens (including phenoxy) is 3. The first-order valence-electron chi connectivity index (χ1n) is 6.12. The second-order valence-corrected chi connectivity index (χ2v) is 4.38. The standard InChI is InChI=1S/C14H18O4/c1-10(18-13-7-8-17-9-13)11-3-5-12(6-4-11)14(15)16-2/h3-6,10,13H,7-9H2,1-2H3. The van der Waals surface area contributed by atoms with Crippen molar-refractivity contribution in [3.05, 3.63) is 35.4 Å². The summed E-state index contributed by atoms with van der Waals surface area (Å²) in [5.41, 5.74) is 1.60. The van der Waals surface area contributed by atoms with Crippen LogP contribution >= 0.6 is 0 Å². The molecule has 1 aliphatic heterocycles. The van der Waals surface area contributed by atoms with Crippen molar-refractivity contribution in [2.75, 3.05) is 20.3 Å². The predicted molar refractivity (Wildman–Crippen MR) is 66.5 cm³/mol. The zero-order chi connectivity index (χ0) is 13.0. The third-order valence-electron chi connectivity index (χ3n) is 3.09. The van der Waals surface area contributed by atoms with Crippen molar-refractivity contribution in [2.24, 2.45) is 0 Å². The minimum Gasteiger partial charge on any atom is -0.465 e. The third-order valence-corrected chi connectivity index (χ3v) is 3.09. The number of benzene rings is 1. The first-order valence-corrected chi connectivity index (χ1v) is 6.12. The van der Waals surface area contributed by atoms with Crippen LogP contribution in [0.25, 0.3) is 0 Å². The second-order valence-electron chi connectivity index (χ2n) is 4.38. The van der Waals surface area contributed by atoms with Gasteiger partial charge in [-0.3, -0.25) is 0 Å². The molecule has 0 amide bonds. The molecule has 1 aliphatic rings. The Labute approximate surface area is 107 Å². The lowest BCUT2D eigenvalue weighted by molar-refractivity contribution is -0.00768. The van der Waals surface area contributed by atoms with E-state index in [-0.39, 0.29) is 18.2 Å². The molecule has 0 saturated carbocycles. The predicted octanol–water partition coefficient (Wildman–Crippen LogP) is 2.34. The fraction of sp³-hybridized carbons (Fsp3) is 0.500. The molecule has 0 aromatic heterocycles. The summed E-state index contributed by atoms with van der Waals surface area (Å²) < 4.78 is 15.8. The fourth-order valence-electron chi connectivity index (χ4n) is 2.00. The van der Waals surface area contributed by atoms with Crippen LogP contribution in [0.5, 0.6) is 0 Å². The molecule has 0 radical (unpaired) electrons. The van der Waals surface area contributed by atoms with E-state index in [1.165, 1.54) is 7.11 Å². The van der Waals surface area contributed by atoms with E-state index in [0.717, 1.165) is 18.6 Å². The molecule has 1 saturated heterocycles. The SMILES string of the molecule is COC(=O)c1ccc(C(C)OC2CCOC2)cc1. The van der Waals surface area contributed by atoms with E-state index in [9.17, 15) is 4.79 Å². The maximum absolute atomic E-state index is 11.3. The summed E-state index contributed by atoms with van der Waals surface area (Å²) >= 11 is 0. The Morgan fingerprint density at radius 3 is 2.67 bits per heavy atom. The van der Waals surface area contributed by atoms with Gasteiger partial charge in [-0.15, -0.1) is 0 Å². The van der Waals surface area contributed by atoms with Gasteiger partial charge in [-0.25, -0.2) is 4.79 Å². The molecule has 1 fully saturated rings. The zero-order valence-corrected chi connectivity index (χ0v) is 10.7. The van der Waals surface area contributed by atoms with E-state index in [1.807, 2.05) is 19.1 Å². The van der Waals surface area contributed by atoms with Gasteiger partial charge in [-0.2, -0.15) is 0 Å². The second kappa shape index (κ2) is 5.98. The van der Waals surface area contributed by atoms with Crippen LogP contribution in [0.2, 0.25) is 0 Å². The minimum atomic E-state index is -0.320. The summed E-state index contributed by atoms with van der Waals surface area (Å²) in [6, 6.07) is 7.30. The summed E-state index contributed by atoms with van der Waals surface area (Å²) in [5.74, 6) is -0.320. The Hall–Kier alpha value is -1.39. The van der Waals surface area contributed by atoms with Crippen molar-refractivity contribution in [1.29, 1.82) is 0 Å². The molecular weight excluding hydrogens is 232 g/mol. The molecule has 1 aromatic carbocycles. The number of methoxy groups -OCH3 is 1. The van der Waals surface area contributed by atoms with Crippen LogP contribution in [0.4, 0.5) is 0 Å². The van der Waals surface area contributed by atoms with Crippen molar-refractivity contribution in [2.45, 2.75) is 25.6 Å². The van der Waals surface area contributed by atoms with Crippen molar-refractivity contribution < 1.29 is 19.0 Å². The zero-order valence-electron chi connectivity index (χ0n) is 10.7. The average Bonchev–Trinajstić information content (AvgIpc) is 2.91. The van der Waals surface area contributed by atoms with E-state index in [1.54, 1.807) is 12.1 Å². The van der Waals surface area contributed by atoms with Gasteiger partial charge >= 0.3 is 5.97 Å². The summed E-state index contributed by atoms with van der Waals surface area (Å²) in [6.45, 7) is 3.45. The molecule has 0 spiro atoms. The number of esters is 1. The van der Waals surface area contributed by atoms with Gasteiger partial charge in [-0.1, -0.05) is 12.1 Å².